The maximum atomic E-state index is 6.04. The number of pyridine rings is 1. The first-order chi connectivity index (χ1) is 13.8. The van der Waals surface area contributed by atoms with Crippen LogP contribution in [0.15, 0.2) is 55.1 Å². The fourth-order valence-corrected chi connectivity index (χ4v) is 3.16. The number of benzene rings is 1. The minimum absolute atomic E-state index is 0.203. The van der Waals surface area contributed by atoms with Gasteiger partial charge in [0.1, 0.15) is 6.33 Å². The first-order valence-electron chi connectivity index (χ1n) is 8.92. The van der Waals surface area contributed by atoms with Gasteiger partial charge in [0.25, 0.3) is 0 Å². The molecule has 9 heteroatoms. The van der Waals surface area contributed by atoms with Crippen LogP contribution in [0.1, 0.15) is 24.7 Å². The van der Waals surface area contributed by atoms with E-state index in [1.807, 2.05) is 41.0 Å². The normalized spacial score (nSPS) is 13.6. The molecule has 3 heterocycles. The molecule has 0 amide bonds. The topological polar surface area (TPSA) is 83.5 Å². The van der Waals surface area contributed by atoms with Crippen molar-refractivity contribution in [2.24, 2.45) is 0 Å². The van der Waals surface area contributed by atoms with Crippen molar-refractivity contribution in [3.8, 4) is 23.1 Å². The Morgan fingerprint density at radius 1 is 1.11 bits per heavy atom. The van der Waals surface area contributed by atoms with Gasteiger partial charge < -0.3 is 4.74 Å². The Bertz CT molecular complexity index is 1100. The summed E-state index contributed by atoms with van der Waals surface area (Å²) in [5.74, 6) is 1.34. The summed E-state index contributed by atoms with van der Waals surface area (Å²) in [6.45, 7) is 0.203. The van der Waals surface area contributed by atoms with Crippen LogP contribution in [0.25, 0.3) is 17.1 Å². The fraction of sp³-hybridized carbons (Fsp3) is 0.211. The van der Waals surface area contributed by atoms with E-state index in [0.717, 1.165) is 29.9 Å². The molecule has 1 saturated carbocycles. The van der Waals surface area contributed by atoms with Crippen molar-refractivity contribution in [3.05, 3.63) is 66.0 Å². The molecule has 0 radical (unpaired) electrons. The quantitative estimate of drug-likeness (QED) is 0.498. The van der Waals surface area contributed by atoms with Gasteiger partial charge >= 0.3 is 6.01 Å². The number of ether oxygens (including phenoxy) is 1. The summed E-state index contributed by atoms with van der Waals surface area (Å²) in [4.78, 5) is 8.37. The second-order valence-electron chi connectivity index (χ2n) is 6.52. The molecule has 0 saturated heterocycles. The second kappa shape index (κ2) is 7.05. The monoisotopic (exact) mass is 393 g/mol. The lowest BCUT2D eigenvalue weighted by Gasteiger charge is -2.08. The van der Waals surface area contributed by atoms with Crippen molar-refractivity contribution >= 4 is 11.6 Å². The van der Waals surface area contributed by atoms with Gasteiger partial charge in [-0.25, -0.2) is 9.67 Å². The fourth-order valence-electron chi connectivity index (χ4n) is 2.97. The van der Waals surface area contributed by atoms with Crippen LogP contribution in [0.4, 0.5) is 0 Å². The third-order valence-corrected chi connectivity index (χ3v) is 4.69. The smallest absolute Gasteiger partial charge is 0.317 e. The molecule has 0 aliphatic heterocycles. The Hall–Kier alpha value is -3.26. The van der Waals surface area contributed by atoms with Crippen LogP contribution in [0.3, 0.4) is 0 Å². The van der Waals surface area contributed by atoms with Crippen molar-refractivity contribution in [3.63, 3.8) is 0 Å². The highest BCUT2D eigenvalue weighted by molar-refractivity contribution is 6.30. The molecule has 4 aromatic rings. The molecule has 8 nitrogen and oxygen atoms in total. The van der Waals surface area contributed by atoms with Gasteiger partial charge in [-0.15, -0.1) is 10.2 Å². The SMILES string of the molecule is Clc1cccc(-n2cnc(COc3nnc(-c4ccncc4)n3C3CC3)n2)c1. The number of nitrogens with zero attached hydrogens (tertiary/aromatic N) is 7. The molecule has 1 aromatic carbocycles. The summed E-state index contributed by atoms with van der Waals surface area (Å²) in [6.07, 6.45) is 7.31. The summed E-state index contributed by atoms with van der Waals surface area (Å²) in [7, 11) is 0. The van der Waals surface area contributed by atoms with Crippen molar-refractivity contribution < 1.29 is 4.74 Å². The highest BCUT2D eigenvalue weighted by Gasteiger charge is 2.31. The van der Waals surface area contributed by atoms with Crippen LogP contribution in [0, 0.1) is 0 Å². The number of rotatable bonds is 6. The Morgan fingerprint density at radius 2 is 1.96 bits per heavy atom. The van der Waals surface area contributed by atoms with Crippen molar-refractivity contribution in [1.82, 2.24) is 34.5 Å². The van der Waals surface area contributed by atoms with Crippen LogP contribution in [0.2, 0.25) is 5.02 Å². The highest BCUT2D eigenvalue weighted by atomic mass is 35.5. The van der Waals surface area contributed by atoms with Gasteiger partial charge in [0, 0.05) is 29.0 Å². The Labute approximate surface area is 165 Å². The van der Waals surface area contributed by atoms with Crippen LogP contribution in [-0.2, 0) is 6.61 Å². The predicted molar refractivity (Wildman–Crippen MR) is 102 cm³/mol. The van der Waals surface area contributed by atoms with E-state index in [-0.39, 0.29) is 6.61 Å². The maximum Gasteiger partial charge on any atom is 0.317 e. The lowest BCUT2D eigenvalue weighted by Crippen LogP contribution is -2.06. The zero-order valence-corrected chi connectivity index (χ0v) is 15.6. The van der Waals surface area contributed by atoms with Gasteiger partial charge in [0.15, 0.2) is 18.3 Å². The van der Waals surface area contributed by atoms with Gasteiger partial charge in [-0.3, -0.25) is 9.55 Å². The number of halogens is 1. The standard InChI is InChI=1S/C19H16ClN7O/c20-14-2-1-3-16(10-14)26-12-22-17(25-26)11-28-19-24-23-18(27(19)15-4-5-15)13-6-8-21-9-7-13/h1-3,6-10,12,15H,4-5,11H2. The molecule has 0 bridgehead atoms. The first-order valence-corrected chi connectivity index (χ1v) is 9.30. The van der Waals surface area contributed by atoms with Crippen LogP contribution >= 0.6 is 11.6 Å². The third-order valence-electron chi connectivity index (χ3n) is 4.46. The maximum absolute atomic E-state index is 6.04. The molecular weight excluding hydrogens is 378 g/mol. The van der Waals surface area contributed by atoms with Crippen LogP contribution < -0.4 is 4.74 Å². The molecule has 0 spiro atoms. The zero-order chi connectivity index (χ0) is 18.9. The van der Waals surface area contributed by atoms with Crippen molar-refractivity contribution in [1.29, 1.82) is 0 Å². The van der Waals surface area contributed by atoms with Gasteiger partial charge in [-0.05, 0) is 43.2 Å². The molecule has 1 aliphatic rings. The molecule has 1 aliphatic carbocycles. The summed E-state index contributed by atoms with van der Waals surface area (Å²) in [5, 5.41) is 13.7. The number of hydrogen-bond donors (Lipinski definition) is 0. The predicted octanol–water partition coefficient (Wildman–Crippen LogP) is 3.49. The van der Waals surface area contributed by atoms with Crippen molar-refractivity contribution in [2.45, 2.75) is 25.5 Å². The van der Waals surface area contributed by atoms with Crippen LogP contribution in [0.5, 0.6) is 6.01 Å². The Kier molecular flexibility index (Phi) is 4.25. The molecule has 0 unspecified atom stereocenters. The summed E-state index contributed by atoms with van der Waals surface area (Å²) in [6, 6.07) is 12.1. The van der Waals surface area contributed by atoms with E-state index in [9.17, 15) is 0 Å². The molecule has 5 rings (SSSR count). The Morgan fingerprint density at radius 3 is 2.75 bits per heavy atom. The average molecular weight is 394 g/mol. The first kappa shape index (κ1) is 16.9. The summed E-state index contributed by atoms with van der Waals surface area (Å²) in [5.41, 5.74) is 1.81. The van der Waals surface area contributed by atoms with E-state index in [2.05, 4.69) is 25.3 Å². The van der Waals surface area contributed by atoms with E-state index in [1.54, 1.807) is 23.4 Å². The van der Waals surface area contributed by atoms with Crippen molar-refractivity contribution in [2.75, 3.05) is 0 Å². The lowest BCUT2D eigenvalue weighted by atomic mass is 10.2. The van der Waals surface area contributed by atoms with Gasteiger partial charge in [0.05, 0.1) is 5.69 Å². The van der Waals surface area contributed by atoms with E-state index in [1.165, 1.54) is 0 Å². The second-order valence-corrected chi connectivity index (χ2v) is 6.95. The number of hydrogen-bond acceptors (Lipinski definition) is 6. The molecule has 28 heavy (non-hydrogen) atoms. The highest BCUT2D eigenvalue weighted by Crippen LogP contribution is 2.40. The van der Waals surface area contributed by atoms with Crippen LogP contribution in [-0.4, -0.2) is 34.5 Å². The van der Waals surface area contributed by atoms with Gasteiger partial charge in [-0.1, -0.05) is 22.8 Å². The molecular formula is C19H16ClN7O. The molecule has 3 aromatic heterocycles. The summed E-state index contributed by atoms with van der Waals surface area (Å²) < 4.78 is 9.62. The average Bonchev–Trinajstić information content (AvgIpc) is 3.29. The van der Waals surface area contributed by atoms with Gasteiger partial charge in [-0.2, -0.15) is 0 Å². The molecule has 0 atom stereocenters. The Balaban J connectivity index is 1.36. The van der Waals surface area contributed by atoms with E-state index < -0.39 is 0 Å². The van der Waals surface area contributed by atoms with E-state index in [0.29, 0.717) is 22.9 Å². The minimum atomic E-state index is 0.203. The zero-order valence-electron chi connectivity index (χ0n) is 14.8. The molecule has 140 valence electrons. The third kappa shape index (κ3) is 3.34. The molecule has 1 fully saturated rings. The number of aromatic nitrogens is 7. The molecule has 0 N–H and O–H groups in total. The summed E-state index contributed by atoms with van der Waals surface area (Å²) >= 11 is 6.04. The lowest BCUT2D eigenvalue weighted by molar-refractivity contribution is 0.258. The van der Waals surface area contributed by atoms with E-state index in [4.69, 9.17) is 16.3 Å². The largest absolute Gasteiger partial charge is 0.455 e. The minimum Gasteiger partial charge on any atom is -0.455 e. The van der Waals surface area contributed by atoms with E-state index >= 15 is 0 Å². The van der Waals surface area contributed by atoms with Gasteiger partial charge in [0.2, 0.25) is 0 Å².